The Kier molecular flexibility index (Phi) is 2.16. The van der Waals surface area contributed by atoms with Crippen LogP contribution in [0.5, 0.6) is 0 Å². The lowest BCUT2D eigenvalue weighted by Crippen LogP contribution is -2.32. The maximum absolute atomic E-state index is 13.2. The average molecular weight is 291 g/mol. The second-order valence-electron chi connectivity index (χ2n) is 5.40. The quantitative estimate of drug-likeness (QED) is 0.708. The topological polar surface area (TPSA) is 60.0 Å². The summed E-state index contributed by atoms with van der Waals surface area (Å²) >= 11 is 0. The zero-order valence-electron chi connectivity index (χ0n) is 10.8. The maximum atomic E-state index is 13.2. The second kappa shape index (κ2) is 3.58. The van der Waals surface area contributed by atoms with Gasteiger partial charge in [-0.25, -0.2) is 0 Å². The molecular formula is C15H12F3N3. The van der Waals surface area contributed by atoms with Crippen molar-refractivity contribution in [3.8, 4) is 0 Å². The Hall–Kier alpha value is -2.05. The van der Waals surface area contributed by atoms with Crippen LogP contribution in [0, 0.1) is 0 Å². The van der Waals surface area contributed by atoms with E-state index in [1.807, 2.05) is 24.3 Å². The molecule has 2 atom stereocenters. The molecule has 2 aromatic carbocycles. The molecule has 4 rings (SSSR count). The van der Waals surface area contributed by atoms with E-state index < -0.39 is 23.1 Å². The lowest BCUT2D eigenvalue weighted by atomic mass is 9.94. The molecule has 6 heteroatoms. The van der Waals surface area contributed by atoms with Crippen LogP contribution in [0.15, 0.2) is 48.5 Å². The molecule has 0 saturated carbocycles. The Morgan fingerprint density at radius 1 is 0.905 bits per heavy atom. The van der Waals surface area contributed by atoms with Crippen LogP contribution in [0.1, 0.15) is 16.7 Å². The highest BCUT2D eigenvalue weighted by Crippen LogP contribution is 2.59. The molecule has 0 aromatic heterocycles. The molecule has 1 fully saturated rings. The van der Waals surface area contributed by atoms with Gasteiger partial charge in [-0.05, 0) is 12.1 Å². The number of rotatable bonds is 1. The van der Waals surface area contributed by atoms with E-state index in [1.54, 1.807) is 6.07 Å². The molecular weight excluding hydrogens is 279 g/mol. The van der Waals surface area contributed by atoms with E-state index in [1.165, 1.54) is 12.1 Å². The Bertz CT molecular complexity index is 743. The van der Waals surface area contributed by atoms with Crippen molar-refractivity contribution in [2.45, 2.75) is 17.5 Å². The van der Waals surface area contributed by atoms with Crippen LogP contribution < -0.4 is 16.4 Å². The number of para-hydroxylation sites is 1. The molecule has 2 aliphatic rings. The second-order valence-corrected chi connectivity index (χ2v) is 5.40. The highest BCUT2D eigenvalue weighted by molar-refractivity contribution is 5.71. The molecule has 1 unspecified atom stereocenters. The molecule has 0 amide bonds. The number of anilines is 1. The average Bonchev–Trinajstić information content (AvgIpc) is 2.97. The van der Waals surface area contributed by atoms with Gasteiger partial charge < -0.3 is 11.1 Å². The summed E-state index contributed by atoms with van der Waals surface area (Å²) in [5.74, 6) is 0. The summed E-state index contributed by atoms with van der Waals surface area (Å²) in [5.41, 5.74) is 5.18. The smallest absolute Gasteiger partial charge is 0.360 e. The predicted molar refractivity (Wildman–Crippen MR) is 72.2 cm³/mol. The van der Waals surface area contributed by atoms with E-state index in [-0.39, 0.29) is 5.56 Å². The normalized spacial score (nSPS) is 29.5. The van der Waals surface area contributed by atoms with E-state index in [2.05, 4.69) is 10.6 Å². The highest BCUT2D eigenvalue weighted by Gasteiger charge is 2.73. The van der Waals surface area contributed by atoms with Crippen molar-refractivity contribution in [3.05, 3.63) is 65.2 Å². The van der Waals surface area contributed by atoms with Gasteiger partial charge in [0.15, 0.2) is 5.66 Å². The molecule has 0 aliphatic carbocycles. The van der Waals surface area contributed by atoms with Gasteiger partial charge in [-0.3, -0.25) is 5.32 Å². The van der Waals surface area contributed by atoms with Crippen molar-refractivity contribution < 1.29 is 13.2 Å². The van der Waals surface area contributed by atoms with Crippen LogP contribution >= 0.6 is 0 Å². The van der Waals surface area contributed by atoms with Gasteiger partial charge in [0, 0.05) is 16.8 Å². The van der Waals surface area contributed by atoms with Crippen LogP contribution in [-0.2, 0) is 17.5 Å². The fourth-order valence-electron chi connectivity index (χ4n) is 3.21. The number of hydrogen-bond donors (Lipinski definition) is 3. The summed E-state index contributed by atoms with van der Waals surface area (Å²) < 4.78 is 39.7. The van der Waals surface area contributed by atoms with Crippen molar-refractivity contribution in [3.63, 3.8) is 0 Å². The molecule has 2 aromatic rings. The van der Waals surface area contributed by atoms with Crippen molar-refractivity contribution in [1.29, 1.82) is 0 Å². The maximum Gasteiger partial charge on any atom is 0.416 e. The standard InChI is InChI=1S/C15H12F3N3/c16-15(17,18)10-6-2-1-5-9(10)14-13(19,21-14)11-7-3-4-8-12(11)20-14/h1-8,20-21H,19H2/t13?,14-/m1/s1. The van der Waals surface area contributed by atoms with Crippen LogP contribution in [0.3, 0.4) is 0 Å². The summed E-state index contributed by atoms with van der Waals surface area (Å²) in [6, 6.07) is 12.8. The van der Waals surface area contributed by atoms with Crippen molar-refractivity contribution in [2.75, 3.05) is 5.32 Å². The Labute approximate surface area is 119 Å². The van der Waals surface area contributed by atoms with E-state index in [9.17, 15) is 13.2 Å². The number of nitrogens with two attached hydrogens (primary N) is 1. The van der Waals surface area contributed by atoms with Gasteiger partial charge in [0.1, 0.15) is 5.66 Å². The van der Waals surface area contributed by atoms with Gasteiger partial charge in [-0.1, -0.05) is 36.4 Å². The van der Waals surface area contributed by atoms with Crippen molar-refractivity contribution in [1.82, 2.24) is 5.32 Å². The summed E-state index contributed by atoms with van der Waals surface area (Å²) in [5, 5.41) is 6.13. The van der Waals surface area contributed by atoms with Crippen molar-refractivity contribution in [2.24, 2.45) is 5.73 Å². The molecule has 4 N–H and O–H groups in total. The Morgan fingerprint density at radius 3 is 2.19 bits per heavy atom. The fourth-order valence-corrected chi connectivity index (χ4v) is 3.21. The molecule has 0 spiro atoms. The van der Waals surface area contributed by atoms with Gasteiger partial charge in [0.05, 0.1) is 5.56 Å². The molecule has 2 heterocycles. The van der Waals surface area contributed by atoms with Crippen LogP contribution in [0.25, 0.3) is 0 Å². The number of alkyl halides is 3. The van der Waals surface area contributed by atoms with Gasteiger partial charge in [0.2, 0.25) is 0 Å². The Morgan fingerprint density at radius 2 is 1.52 bits per heavy atom. The summed E-state index contributed by atoms with van der Waals surface area (Å²) in [6.07, 6.45) is -4.42. The number of benzene rings is 2. The lowest BCUT2D eigenvalue weighted by Gasteiger charge is -2.20. The molecule has 108 valence electrons. The first-order valence-corrected chi connectivity index (χ1v) is 6.51. The number of hydrogen-bond acceptors (Lipinski definition) is 3. The monoisotopic (exact) mass is 291 g/mol. The summed E-state index contributed by atoms with van der Waals surface area (Å²) in [4.78, 5) is 0. The lowest BCUT2D eigenvalue weighted by molar-refractivity contribution is -0.138. The van der Waals surface area contributed by atoms with E-state index in [4.69, 9.17) is 5.73 Å². The number of halogens is 3. The van der Waals surface area contributed by atoms with Crippen molar-refractivity contribution >= 4 is 5.69 Å². The van der Waals surface area contributed by atoms with Gasteiger partial charge in [0.25, 0.3) is 0 Å². The zero-order chi connectivity index (χ0) is 14.9. The predicted octanol–water partition coefficient (Wildman–Crippen LogP) is 2.70. The zero-order valence-corrected chi connectivity index (χ0v) is 10.8. The summed E-state index contributed by atoms with van der Waals surface area (Å²) in [7, 11) is 0. The molecule has 2 aliphatic heterocycles. The molecule has 21 heavy (non-hydrogen) atoms. The Balaban J connectivity index is 1.89. The molecule has 0 bridgehead atoms. The molecule has 3 nitrogen and oxygen atoms in total. The van der Waals surface area contributed by atoms with Crippen LogP contribution in [0.4, 0.5) is 18.9 Å². The van der Waals surface area contributed by atoms with E-state index in [0.29, 0.717) is 0 Å². The van der Waals surface area contributed by atoms with Gasteiger partial charge in [-0.2, -0.15) is 13.2 Å². The third-order valence-corrected chi connectivity index (χ3v) is 4.22. The first-order valence-electron chi connectivity index (χ1n) is 6.51. The van der Waals surface area contributed by atoms with E-state index >= 15 is 0 Å². The third kappa shape index (κ3) is 1.46. The van der Waals surface area contributed by atoms with Gasteiger partial charge in [-0.15, -0.1) is 0 Å². The SMILES string of the molecule is NC12N[C@@]1(c1ccccc1C(F)(F)F)Nc1ccccc12. The first kappa shape index (κ1) is 12.7. The summed E-state index contributed by atoms with van der Waals surface area (Å²) in [6.45, 7) is 0. The largest absolute Gasteiger partial charge is 0.416 e. The minimum absolute atomic E-state index is 0.121. The number of nitrogens with one attached hydrogen (secondary N) is 2. The highest BCUT2D eigenvalue weighted by atomic mass is 19.4. The minimum Gasteiger partial charge on any atom is -0.360 e. The van der Waals surface area contributed by atoms with E-state index in [0.717, 1.165) is 17.3 Å². The first-order chi connectivity index (χ1) is 9.88. The molecule has 1 saturated heterocycles. The van der Waals surface area contributed by atoms with Crippen LogP contribution in [-0.4, -0.2) is 0 Å². The van der Waals surface area contributed by atoms with Crippen LogP contribution in [0.2, 0.25) is 0 Å². The third-order valence-electron chi connectivity index (χ3n) is 4.22. The van der Waals surface area contributed by atoms with Gasteiger partial charge >= 0.3 is 6.18 Å². The fraction of sp³-hybridized carbons (Fsp3) is 0.200. The molecule has 0 radical (unpaired) electrons. The number of fused-ring (bicyclic) bond motifs is 3. The minimum atomic E-state index is -4.42.